The van der Waals surface area contributed by atoms with Crippen molar-refractivity contribution in [3.05, 3.63) is 28.2 Å². The topological polar surface area (TPSA) is 58.4 Å². The molecule has 0 bridgehead atoms. The van der Waals surface area contributed by atoms with E-state index in [1.54, 1.807) is 6.07 Å². The second-order valence-corrected chi connectivity index (χ2v) is 5.89. The molecule has 19 heavy (non-hydrogen) atoms. The average molecular weight is 342 g/mol. The van der Waals surface area contributed by atoms with Crippen LogP contribution in [-0.2, 0) is 0 Å². The highest BCUT2D eigenvalue weighted by Crippen LogP contribution is 2.22. The molecular formula is C13H16BrN3OS. The standard InChI is InChI=1S/C13H16BrN3OS/c14-9-4-5-10(12(15)19)11(8-9)16-13(18)17-6-2-1-3-7-17/h4-5,8H,1-3,6-7H2,(H2,15,19)(H,16,18). The second kappa shape index (κ2) is 6.34. The maximum Gasteiger partial charge on any atom is 0.321 e. The number of nitrogens with two attached hydrogens (primary N) is 1. The number of nitrogens with one attached hydrogen (secondary N) is 1. The van der Waals surface area contributed by atoms with Crippen molar-refractivity contribution in [2.24, 2.45) is 5.73 Å². The predicted molar refractivity (Wildman–Crippen MR) is 84.5 cm³/mol. The number of hydrogen-bond donors (Lipinski definition) is 2. The molecule has 1 aromatic rings. The molecule has 1 fully saturated rings. The van der Waals surface area contributed by atoms with Gasteiger partial charge in [-0.2, -0.15) is 0 Å². The Morgan fingerprint density at radius 2 is 2.00 bits per heavy atom. The van der Waals surface area contributed by atoms with Crippen LogP contribution >= 0.6 is 28.1 Å². The first-order valence-electron chi connectivity index (χ1n) is 6.23. The van der Waals surface area contributed by atoms with Crippen LogP contribution in [-0.4, -0.2) is 29.0 Å². The quantitative estimate of drug-likeness (QED) is 0.812. The van der Waals surface area contributed by atoms with Gasteiger partial charge < -0.3 is 16.0 Å². The summed E-state index contributed by atoms with van der Waals surface area (Å²) < 4.78 is 0.876. The molecule has 0 radical (unpaired) electrons. The van der Waals surface area contributed by atoms with Crippen LogP contribution in [0.4, 0.5) is 10.5 Å². The van der Waals surface area contributed by atoms with Crippen molar-refractivity contribution in [1.82, 2.24) is 4.90 Å². The van der Waals surface area contributed by atoms with Crippen molar-refractivity contribution >= 4 is 44.9 Å². The molecule has 1 aliphatic rings. The Morgan fingerprint density at radius 1 is 1.32 bits per heavy atom. The number of halogens is 1. The fraction of sp³-hybridized carbons (Fsp3) is 0.385. The summed E-state index contributed by atoms with van der Waals surface area (Å²) in [5, 5.41) is 2.89. The molecule has 3 N–H and O–H groups in total. The lowest BCUT2D eigenvalue weighted by molar-refractivity contribution is 0.200. The third kappa shape index (κ3) is 3.67. The number of likely N-dealkylation sites (tertiary alicyclic amines) is 1. The number of piperidine rings is 1. The first-order valence-corrected chi connectivity index (χ1v) is 7.43. The average Bonchev–Trinajstić information content (AvgIpc) is 2.39. The van der Waals surface area contributed by atoms with Crippen LogP contribution in [0.25, 0.3) is 0 Å². The maximum absolute atomic E-state index is 12.2. The van der Waals surface area contributed by atoms with E-state index in [1.807, 2.05) is 17.0 Å². The van der Waals surface area contributed by atoms with Crippen LogP contribution in [0.1, 0.15) is 24.8 Å². The van der Waals surface area contributed by atoms with Crippen LogP contribution in [0.3, 0.4) is 0 Å². The highest BCUT2D eigenvalue weighted by molar-refractivity contribution is 9.10. The summed E-state index contributed by atoms with van der Waals surface area (Å²) in [6.07, 6.45) is 3.32. The molecule has 1 aromatic carbocycles. The van der Waals surface area contributed by atoms with E-state index in [9.17, 15) is 4.79 Å². The molecule has 2 rings (SSSR count). The molecule has 0 aliphatic carbocycles. The van der Waals surface area contributed by atoms with Crippen molar-refractivity contribution in [3.63, 3.8) is 0 Å². The molecule has 1 heterocycles. The first-order chi connectivity index (χ1) is 9.08. The summed E-state index contributed by atoms with van der Waals surface area (Å²) in [6.45, 7) is 1.62. The summed E-state index contributed by atoms with van der Waals surface area (Å²) in [5.74, 6) is 0. The molecule has 0 spiro atoms. The van der Waals surface area contributed by atoms with Gasteiger partial charge in [0.15, 0.2) is 0 Å². The van der Waals surface area contributed by atoms with Crippen LogP contribution < -0.4 is 11.1 Å². The smallest absolute Gasteiger partial charge is 0.321 e. The molecular weight excluding hydrogens is 326 g/mol. The molecule has 0 aromatic heterocycles. The Kier molecular flexibility index (Phi) is 4.76. The molecule has 1 aliphatic heterocycles. The van der Waals surface area contributed by atoms with Crippen molar-refractivity contribution < 1.29 is 4.79 Å². The van der Waals surface area contributed by atoms with E-state index < -0.39 is 0 Å². The molecule has 2 amide bonds. The summed E-state index contributed by atoms with van der Waals surface area (Å²) in [5.41, 5.74) is 7.00. The predicted octanol–water partition coefficient (Wildman–Crippen LogP) is 3.10. The van der Waals surface area contributed by atoms with E-state index in [0.29, 0.717) is 11.3 Å². The molecule has 0 saturated carbocycles. The molecule has 0 atom stereocenters. The van der Waals surface area contributed by atoms with Gasteiger partial charge in [-0.25, -0.2) is 4.79 Å². The van der Waals surface area contributed by atoms with Crippen LogP contribution in [0, 0.1) is 0 Å². The van der Waals surface area contributed by atoms with E-state index in [0.717, 1.165) is 30.4 Å². The number of benzene rings is 1. The van der Waals surface area contributed by atoms with Crippen molar-refractivity contribution in [2.45, 2.75) is 19.3 Å². The summed E-state index contributed by atoms with van der Waals surface area (Å²) in [4.78, 5) is 14.3. The van der Waals surface area contributed by atoms with E-state index in [4.69, 9.17) is 18.0 Å². The van der Waals surface area contributed by atoms with E-state index in [-0.39, 0.29) is 11.0 Å². The number of urea groups is 1. The Labute approximate surface area is 126 Å². The largest absolute Gasteiger partial charge is 0.389 e. The minimum absolute atomic E-state index is 0.0877. The minimum Gasteiger partial charge on any atom is -0.389 e. The van der Waals surface area contributed by atoms with E-state index >= 15 is 0 Å². The zero-order chi connectivity index (χ0) is 13.8. The Bertz CT molecular complexity index is 501. The number of anilines is 1. The zero-order valence-corrected chi connectivity index (χ0v) is 12.9. The van der Waals surface area contributed by atoms with Gasteiger partial charge in [-0.15, -0.1) is 0 Å². The summed E-state index contributed by atoms with van der Waals surface area (Å²) in [6, 6.07) is 5.38. The Morgan fingerprint density at radius 3 is 2.63 bits per heavy atom. The normalized spacial score (nSPS) is 15.1. The lowest BCUT2D eigenvalue weighted by atomic mass is 10.1. The van der Waals surface area contributed by atoms with Gasteiger partial charge in [0.2, 0.25) is 0 Å². The van der Waals surface area contributed by atoms with Gasteiger partial charge in [-0.3, -0.25) is 0 Å². The van der Waals surface area contributed by atoms with Gasteiger partial charge >= 0.3 is 6.03 Å². The lowest BCUT2D eigenvalue weighted by Gasteiger charge is -2.27. The van der Waals surface area contributed by atoms with Crippen molar-refractivity contribution in [1.29, 1.82) is 0 Å². The first kappa shape index (κ1) is 14.3. The zero-order valence-electron chi connectivity index (χ0n) is 10.5. The fourth-order valence-corrected chi connectivity index (χ4v) is 2.67. The lowest BCUT2D eigenvalue weighted by Crippen LogP contribution is -2.39. The number of rotatable bonds is 2. The van der Waals surface area contributed by atoms with Crippen LogP contribution in [0.5, 0.6) is 0 Å². The van der Waals surface area contributed by atoms with Gasteiger partial charge in [0.1, 0.15) is 4.99 Å². The molecule has 1 saturated heterocycles. The number of thiocarbonyl (C=S) groups is 1. The van der Waals surface area contributed by atoms with Crippen molar-refractivity contribution in [3.8, 4) is 0 Å². The van der Waals surface area contributed by atoms with Gasteiger partial charge in [0, 0.05) is 23.1 Å². The minimum atomic E-state index is -0.0877. The monoisotopic (exact) mass is 341 g/mol. The van der Waals surface area contributed by atoms with Crippen LogP contribution in [0.2, 0.25) is 0 Å². The number of amides is 2. The Balaban J connectivity index is 2.15. The number of carbonyl (C=O) groups excluding carboxylic acids is 1. The summed E-state index contributed by atoms with van der Waals surface area (Å²) in [7, 11) is 0. The number of hydrogen-bond acceptors (Lipinski definition) is 2. The van der Waals surface area contributed by atoms with Gasteiger partial charge in [0.05, 0.1) is 5.69 Å². The fourth-order valence-electron chi connectivity index (χ4n) is 2.13. The third-order valence-electron chi connectivity index (χ3n) is 3.13. The van der Waals surface area contributed by atoms with E-state index in [1.165, 1.54) is 6.42 Å². The SMILES string of the molecule is NC(=S)c1ccc(Br)cc1NC(=O)N1CCCCC1. The Hall–Kier alpha value is -1.14. The molecule has 4 nitrogen and oxygen atoms in total. The second-order valence-electron chi connectivity index (χ2n) is 4.53. The third-order valence-corrected chi connectivity index (χ3v) is 3.85. The van der Waals surface area contributed by atoms with Crippen molar-refractivity contribution in [2.75, 3.05) is 18.4 Å². The molecule has 102 valence electrons. The maximum atomic E-state index is 12.2. The number of carbonyl (C=O) groups is 1. The summed E-state index contributed by atoms with van der Waals surface area (Å²) >= 11 is 8.38. The highest BCUT2D eigenvalue weighted by Gasteiger charge is 2.18. The number of nitrogens with zero attached hydrogens (tertiary/aromatic N) is 1. The molecule has 6 heteroatoms. The highest BCUT2D eigenvalue weighted by atomic mass is 79.9. The van der Waals surface area contributed by atoms with Gasteiger partial charge in [0.25, 0.3) is 0 Å². The van der Waals surface area contributed by atoms with Gasteiger partial charge in [-0.1, -0.05) is 28.1 Å². The van der Waals surface area contributed by atoms with Gasteiger partial charge in [-0.05, 0) is 37.5 Å². The van der Waals surface area contributed by atoms with E-state index in [2.05, 4.69) is 21.2 Å². The molecule has 0 unspecified atom stereocenters. The van der Waals surface area contributed by atoms with Crippen LogP contribution in [0.15, 0.2) is 22.7 Å².